The molecule has 0 aliphatic carbocycles. The first kappa shape index (κ1) is 19.9. The molecule has 2 aromatic rings. The summed E-state index contributed by atoms with van der Waals surface area (Å²) in [5.74, 6) is -0.269. The van der Waals surface area contributed by atoms with E-state index >= 15 is 0 Å². The molecule has 2 aliphatic heterocycles. The van der Waals surface area contributed by atoms with Crippen LogP contribution in [0.3, 0.4) is 0 Å². The van der Waals surface area contributed by atoms with Gasteiger partial charge in [-0.05, 0) is 30.5 Å². The first-order valence-corrected chi connectivity index (χ1v) is 10.3. The molecule has 0 radical (unpaired) electrons. The minimum Gasteiger partial charge on any atom is -0.307 e. The fraction of sp³-hybridized carbons (Fsp3) is 0.316. The van der Waals surface area contributed by atoms with Gasteiger partial charge < -0.3 is 4.90 Å². The number of hydrogen-bond donors (Lipinski definition) is 3. The normalized spacial score (nSPS) is 23.2. The van der Waals surface area contributed by atoms with E-state index in [1.54, 1.807) is 29.4 Å². The van der Waals surface area contributed by atoms with Crippen molar-refractivity contribution in [2.45, 2.75) is 31.2 Å². The number of nitrogens with one attached hydrogen (secondary N) is 3. The maximum absolute atomic E-state index is 13.0. The number of benzene rings is 1. The summed E-state index contributed by atoms with van der Waals surface area (Å²) < 4.78 is 3.20. The van der Waals surface area contributed by atoms with Crippen molar-refractivity contribution in [3.05, 3.63) is 60.4 Å². The van der Waals surface area contributed by atoms with Crippen molar-refractivity contribution >= 4 is 40.5 Å². The molecule has 29 heavy (non-hydrogen) atoms. The number of urea groups is 1. The molecule has 2 bridgehead atoms. The predicted molar refractivity (Wildman–Crippen MR) is 114 cm³/mol. The number of anilines is 1. The molecule has 3 heterocycles. The summed E-state index contributed by atoms with van der Waals surface area (Å²) in [6.45, 7) is 0.647. The maximum atomic E-state index is 13.0. The Hall–Kier alpha value is -2.44. The number of carbonyl (C=O) groups is 2. The van der Waals surface area contributed by atoms with Gasteiger partial charge in [0.25, 0.3) is 5.91 Å². The number of hydrogen-bond acceptors (Lipinski definition) is 6. The van der Waals surface area contributed by atoms with E-state index in [1.807, 2.05) is 53.2 Å². The Morgan fingerprint density at radius 2 is 2.10 bits per heavy atom. The molecule has 3 N–H and O–H groups in total. The van der Waals surface area contributed by atoms with Crippen molar-refractivity contribution in [2.75, 3.05) is 12.0 Å². The molecule has 4 rings (SSSR count). The van der Waals surface area contributed by atoms with Gasteiger partial charge in [0.15, 0.2) is 0 Å². The summed E-state index contributed by atoms with van der Waals surface area (Å²) in [5, 5.41) is 1.38. The van der Waals surface area contributed by atoms with Gasteiger partial charge in [0.1, 0.15) is 18.3 Å². The molecule has 1 aromatic heterocycles. The summed E-state index contributed by atoms with van der Waals surface area (Å²) in [6, 6.07) is 12.3. The SMILES string of the molecule is O=C(NNc1cccnc1)[C@@H]1CC[C@]2(NI)CN1C(=O)N2OCc1ccccc1. The number of hydrazine groups is 1. The van der Waals surface area contributed by atoms with Crippen LogP contribution in [0.25, 0.3) is 0 Å². The van der Waals surface area contributed by atoms with E-state index in [0.717, 1.165) is 5.56 Å². The Bertz CT molecular complexity index is 871. The quantitative estimate of drug-likeness (QED) is 0.302. The van der Waals surface area contributed by atoms with Crippen LogP contribution in [0.1, 0.15) is 18.4 Å². The first-order chi connectivity index (χ1) is 14.1. The van der Waals surface area contributed by atoms with Crippen molar-refractivity contribution in [1.29, 1.82) is 0 Å². The van der Waals surface area contributed by atoms with Gasteiger partial charge in [-0.2, -0.15) is 5.06 Å². The monoisotopic (exact) mass is 508 g/mol. The van der Waals surface area contributed by atoms with Crippen molar-refractivity contribution in [3.8, 4) is 0 Å². The highest BCUT2D eigenvalue weighted by atomic mass is 127. The Kier molecular flexibility index (Phi) is 5.83. The zero-order valence-electron chi connectivity index (χ0n) is 15.5. The number of nitrogens with zero attached hydrogens (tertiary/aromatic N) is 3. The van der Waals surface area contributed by atoms with Crippen LogP contribution in [0, 0.1) is 0 Å². The summed E-state index contributed by atoms with van der Waals surface area (Å²) in [6.07, 6.45) is 4.37. The number of rotatable bonds is 7. The lowest BCUT2D eigenvalue weighted by Gasteiger charge is -2.37. The van der Waals surface area contributed by atoms with Gasteiger partial charge in [-0.15, -0.1) is 0 Å². The third-order valence-electron chi connectivity index (χ3n) is 5.12. The minimum absolute atomic E-state index is 0.269. The third kappa shape index (κ3) is 4.00. The van der Waals surface area contributed by atoms with Gasteiger partial charge in [-0.3, -0.25) is 25.5 Å². The molecule has 3 amide bonds. The number of piperidine rings is 1. The van der Waals surface area contributed by atoms with Gasteiger partial charge in [-0.1, -0.05) is 30.3 Å². The largest absolute Gasteiger partial charge is 0.346 e. The number of fused-ring (bicyclic) bond motifs is 2. The lowest BCUT2D eigenvalue weighted by atomic mass is 9.95. The zero-order valence-corrected chi connectivity index (χ0v) is 17.7. The molecule has 0 spiro atoms. The van der Waals surface area contributed by atoms with Crippen LogP contribution < -0.4 is 14.4 Å². The standard InChI is InChI=1S/C19H21IN6O3/c20-24-19-9-8-16(17(27)23-22-15-7-4-10-21-11-15)25(13-19)18(28)26(19)29-12-14-5-2-1-3-6-14/h1-7,10-11,16,22,24H,8-9,12-13H2,(H,23,27)/t16-,19+/m0/s1. The minimum atomic E-state index is -0.653. The highest BCUT2D eigenvalue weighted by molar-refractivity contribution is 14.1. The van der Waals surface area contributed by atoms with Crippen LogP contribution in [0.2, 0.25) is 0 Å². The molecule has 2 atom stereocenters. The van der Waals surface area contributed by atoms with Gasteiger partial charge in [0.2, 0.25) is 0 Å². The molecule has 152 valence electrons. The number of halogens is 1. The number of carbonyl (C=O) groups excluding carboxylic acids is 2. The molecule has 0 unspecified atom stereocenters. The topological polar surface area (TPSA) is 98.8 Å². The lowest BCUT2D eigenvalue weighted by Crippen LogP contribution is -2.58. The molecule has 2 aliphatic rings. The average molecular weight is 508 g/mol. The fourth-order valence-electron chi connectivity index (χ4n) is 3.60. The second-order valence-corrected chi connectivity index (χ2v) is 7.54. The number of aromatic nitrogens is 1. The number of pyridine rings is 1. The number of hydroxylamine groups is 2. The molecule has 0 saturated carbocycles. The average Bonchev–Trinajstić information content (AvgIpc) is 2.99. The maximum Gasteiger partial charge on any atom is 0.346 e. The molecule has 10 heteroatoms. The third-order valence-corrected chi connectivity index (χ3v) is 6.12. The molecule has 1 aromatic carbocycles. The van der Waals surface area contributed by atoms with Gasteiger partial charge in [-0.25, -0.2) is 8.32 Å². The predicted octanol–water partition coefficient (Wildman–Crippen LogP) is 2.19. The van der Waals surface area contributed by atoms with E-state index in [9.17, 15) is 9.59 Å². The summed E-state index contributed by atoms with van der Waals surface area (Å²) in [7, 11) is 0. The smallest absolute Gasteiger partial charge is 0.307 e. The van der Waals surface area contributed by atoms with Crippen molar-refractivity contribution in [2.24, 2.45) is 0 Å². The van der Waals surface area contributed by atoms with E-state index in [2.05, 4.69) is 19.4 Å². The van der Waals surface area contributed by atoms with Crippen molar-refractivity contribution in [1.82, 2.24) is 23.9 Å². The Labute approximate surface area is 182 Å². The Morgan fingerprint density at radius 1 is 1.28 bits per heavy atom. The van der Waals surface area contributed by atoms with E-state index < -0.39 is 11.7 Å². The molecule has 2 fully saturated rings. The van der Waals surface area contributed by atoms with Gasteiger partial charge >= 0.3 is 6.03 Å². The van der Waals surface area contributed by atoms with Crippen LogP contribution in [-0.4, -0.2) is 45.1 Å². The molecule has 9 nitrogen and oxygen atoms in total. The Morgan fingerprint density at radius 3 is 2.83 bits per heavy atom. The van der Waals surface area contributed by atoms with Gasteiger partial charge in [0, 0.05) is 29.1 Å². The summed E-state index contributed by atoms with van der Waals surface area (Å²) in [5.41, 5.74) is 6.49. The van der Waals surface area contributed by atoms with E-state index in [4.69, 9.17) is 4.84 Å². The second-order valence-electron chi connectivity index (χ2n) is 7.00. The lowest BCUT2D eigenvalue weighted by molar-refractivity contribution is -0.177. The molecular weight excluding hydrogens is 487 g/mol. The fourth-order valence-corrected chi connectivity index (χ4v) is 4.26. The number of amides is 3. The molecular formula is C19H21IN6O3. The van der Waals surface area contributed by atoms with Crippen LogP contribution in [0.4, 0.5) is 10.5 Å². The van der Waals surface area contributed by atoms with Crippen LogP contribution in [-0.2, 0) is 16.2 Å². The van der Waals surface area contributed by atoms with E-state index in [-0.39, 0.29) is 18.5 Å². The van der Waals surface area contributed by atoms with Crippen LogP contribution in [0.5, 0.6) is 0 Å². The highest BCUT2D eigenvalue weighted by Crippen LogP contribution is 2.38. The Balaban J connectivity index is 1.43. The van der Waals surface area contributed by atoms with E-state index in [1.165, 1.54) is 5.06 Å². The highest BCUT2D eigenvalue weighted by Gasteiger charge is 2.57. The first-order valence-electron chi connectivity index (χ1n) is 9.24. The zero-order chi connectivity index (χ0) is 20.3. The summed E-state index contributed by atoms with van der Waals surface area (Å²) in [4.78, 5) is 37.2. The van der Waals surface area contributed by atoms with E-state index in [0.29, 0.717) is 25.1 Å². The van der Waals surface area contributed by atoms with Crippen molar-refractivity contribution in [3.63, 3.8) is 0 Å². The van der Waals surface area contributed by atoms with Crippen LogP contribution in [0.15, 0.2) is 54.9 Å². The van der Waals surface area contributed by atoms with Gasteiger partial charge in [0.05, 0.1) is 18.4 Å². The van der Waals surface area contributed by atoms with Crippen molar-refractivity contribution < 1.29 is 14.4 Å². The van der Waals surface area contributed by atoms with Crippen LogP contribution >= 0.6 is 22.9 Å². The second kappa shape index (κ2) is 8.51. The summed E-state index contributed by atoms with van der Waals surface area (Å²) >= 11 is 2.04. The molecule has 2 saturated heterocycles.